The Morgan fingerprint density at radius 1 is 0.615 bits per heavy atom. The molecule has 0 aliphatic carbocycles. The number of halogens is 2. The molecule has 0 spiro atoms. The molecule has 0 N–H and O–H groups in total. The molecule has 3 rings (SSSR count). The molecular weight excluding hydrogens is 386 g/mol. The van der Waals surface area contributed by atoms with Crippen molar-refractivity contribution in [3.63, 3.8) is 0 Å². The van der Waals surface area contributed by atoms with Gasteiger partial charge in [-0.05, 0) is 24.3 Å². The van der Waals surface area contributed by atoms with Crippen LogP contribution in [-0.2, 0) is 20.0 Å². The zero-order chi connectivity index (χ0) is 18.9. The van der Waals surface area contributed by atoms with E-state index >= 15 is 0 Å². The minimum absolute atomic E-state index is 0.148. The molecule has 1 saturated heterocycles. The maximum absolute atomic E-state index is 13.8. The van der Waals surface area contributed by atoms with E-state index in [9.17, 15) is 25.6 Å². The first-order valence-corrected chi connectivity index (χ1v) is 10.6. The van der Waals surface area contributed by atoms with Crippen molar-refractivity contribution in [2.75, 3.05) is 26.2 Å². The third kappa shape index (κ3) is 3.37. The number of piperazine rings is 1. The van der Waals surface area contributed by atoms with Crippen LogP contribution in [0, 0.1) is 11.6 Å². The van der Waals surface area contributed by atoms with Crippen LogP contribution in [-0.4, -0.2) is 51.6 Å². The molecule has 10 heteroatoms. The molecule has 0 aromatic heterocycles. The molecule has 0 bridgehead atoms. The Balaban J connectivity index is 1.80. The fourth-order valence-electron chi connectivity index (χ4n) is 2.74. The second kappa shape index (κ2) is 7.03. The topological polar surface area (TPSA) is 74.8 Å². The number of sulfonamides is 2. The highest BCUT2D eigenvalue weighted by atomic mass is 32.2. The average Bonchev–Trinajstić information content (AvgIpc) is 2.62. The van der Waals surface area contributed by atoms with E-state index in [4.69, 9.17) is 0 Å². The second-order valence-electron chi connectivity index (χ2n) is 5.67. The Hall–Kier alpha value is -1.88. The first-order valence-electron chi connectivity index (χ1n) is 7.74. The first kappa shape index (κ1) is 18.9. The van der Waals surface area contributed by atoms with Crippen molar-refractivity contribution in [1.82, 2.24) is 8.61 Å². The van der Waals surface area contributed by atoms with Crippen molar-refractivity contribution in [3.05, 3.63) is 60.2 Å². The van der Waals surface area contributed by atoms with Crippen LogP contribution in [0.1, 0.15) is 0 Å². The van der Waals surface area contributed by atoms with Gasteiger partial charge in [-0.2, -0.15) is 8.61 Å². The van der Waals surface area contributed by atoms with E-state index in [2.05, 4.69) is 0 Å². The Labute approximate surface area is 150 Å². The van der Waals surface area contributed by atoms with Crippen LogP contribution < -0.4 is 0 Å². The summed E-state index contributed by atoms with van der Waals surface area (Å²) < 4.78 is 79.9. The van der Waals surface area contributed by atoms with Crippen molar-refractivity contribution in [2.24, 2.45) is 0 Å². The van der Waals surface area contributed by atoms with Crippen molar-refractivity contribution < 1.29 is 25.6 Å². The highest BCUT2D eigenvalue weighted by Crippen LogP contribution is 2.24. The number of hydrogen-bond acceptors (Lipinski definition) is 4. The molecule has 1 fully saturated rings. The van der Waals surface area contributed by atoms with Gasteiger partial charge >= 0.3 is 0 Å². The molecule has 0 atom stereocenters. The molecule has 140 valence electrons. The number of benzene rings is 2. The zero-order valence-corrected chi connectivity index (χ0v) is 15.2. The summed E-state index contributed by atoms with van der Waals surface area (Å²) >= 11 is 0. The maximum Gasteiger partial charge on any atom is 0.246 e. The lowest BCUT2D eigenvalue weighted by Gasteiger charge is -2.33. The van der Waals surface area contributed by atoms with Crippen molar-refractivity contribution in [3.8, 4) is 0 Å². The van der Waals surface area contributed by atoms with E-state index in [0.29, 0.717) is 0 Å². The van der Waals surface area contributed by atoms with E-state index in [1.54, 1.807) is 0 Å². The van der Waals surface area contributed by atoms with Gasteiger partial charge in [-0.15, -0.1) is 0 Å². The van der Waals surface area contributed by atoms with Crippen LogP contribution in [0.4, 0.5) is 8.78 Å². The quantitative estimate of drug-likeness (QED) is 0.780. The van der Waals surface area contributed by atoms with Gasteiger partial charge in [0.05, 0.1) is 0 Å². The van der Waals surface area contributed by atoms with Crippen molar-refractivity contribution >= 4 is 20.0 Å². The summed E-state index contributed by atoms with van der Waals surface area (Å²) in [6.07, 6.45) is 0. The molecule has 1 aliphatic rings. The molecule has 1 aliphatic heterocycles. The number of hydrogen-bond donors (Lipinski definition) is 0. The van der Waals surface area contributed by atoms with Gasteiger partial charge in [0.1, 0.15) is 21.4 Å². The van der Waals surface area contributed by atoms with Gasteiger partial charge in [0, 0.05) is 26.2 Å². The average molecular weight is 402 g/mol. The van der Waals surface area contributed by atoms with Crippen LogP contribution >= 0.6 is 0 Å². The molecule has 1 heterocycles. The van der Waals surface area contributed by atoms with E-state index in [0.717, 1.165) is 32.9 Å². The minimum atomic E-state index is -4.07. The van der Waals surface area contributed by atoms with Gasteiger partial charge in [-0.1, -0.05) is 24.3 Å². The standard InChI is InChI=1S/C16H16F2N2O4S2/c17-13-5-1-3-7-15(13)25(21,22)19-9-11-20(12-10-19)26(23,24)16-8-4-2-6-14(16)18/h1-8H,9-12H2. The fourth-order valence-corrected chi connectivity index (χ4v) is 5.71. The Bertz CT molecular complexity index is 935. The second-order valence-corrected chi connectivity index (χ2v) is 9.48. The number of nitrogens with zero attached hydrogens (tertiary/aromatic N) is 2. The molecule has 0 saturated carbocycles. The van der Waals surface area contributed by atoms with Gasteiger partial charge in [0.25, 0.3) is 0 Å². The van der Waals surface area contributed by atoms with Gasteiger partial charge in [-0.25, -0.2) is 25.6 Å². The van der Waals surface area contributed by atoms with Crippen LogP contribution in [0.5, 0.6) is 0 Å². The molecule has 2 aromatic rings. The fraction of sp³-hybridized carbons (Fsp3) is 0.250. The van der Waals surface area contributed by atoms with Gasteiger partial charge < -0.3 is 0 Å². The van der Waals surface area contributed by atoms with Crippen LogP contribution in [0.15, 0.2) is 58.3 Å². The van der Waals surface area contributed by atoms with E-state index in [-0.39, 0.29) is 26.2 Å². The lowest BCUT2D eigenvalue weighted by molar-refractivity contribution is 0.271. The summed E-state index contributed by atoms with van der Waals surface area (Å²) in [4.78, 5) is -0.907. The Morgan fingerprint density at radius 2 is 0.923 bits per heavy atom. The summed E-state index contributed by atoms with van der Waals surface area (Å²) in [5.74, 6) is -1.73. The highest BCUT2D eigenvalue weighted by Gasteiger charge is 2.35. The lowest BCUT2D eigenvalue weighted by atomic mass is 10.3. The Kier molecular flexibility index (Phi) is 5.11. The highest BCUT2D eigenvalue weighted by molar-refractivity contribution is 7.89. The van der Waals surface area contributed by atoms with Gasteiger partial charge in [0.15, 0.2) is 0 Å². The molecular formula is C16H16F2N2O4S2. The largest absolute Gasteiger partial charge is 0.246 e. The van der Waals surface area contributed by atoms with E-state index in [1.165, 1.54) is 24.3 Å². The maximum atomic E-state index is 13.8. The van der Waals surface area contributed by atoms with Crippen LogP contribution in [0.25, 0.3) is 0 Å². The first-order chi connectivity index (χ1) is 12.2. The van der Waals surface area contributed by atoms with Gasteiger partial charge in [0.2, 0.25) is 20.0 Å². The third-order valence-corrected chi connectivity index (χ3v) is 7.97. The van der Waals surface area contributed by atoms with Crippen LogP contribution in [0.3, 0.4) is 0 Å². The van der Waals surface area contributed by atoms with E-state index in [1.807, 2.05) is 0 Å². The molecule has 2 aromatic carbocycles. The summed E-state index contributed by atoms with van der Waals surface area (Å²) in [7, 11) is -8.14. The summed E-state index contributed by atoms with van der Waals surface area (Å²) in [5.41, 5.74) is 0. The normalized spacial score (nSPS) is 17.3. The molecule has 0 radical (unpaired) electrons. The van der Waals surface area contributed by atoms with Gasteiger partial charge in [-0.3, -0.25) is 0 Å². The molecule has 0 amide bonds. The van der Waals surface area contributed by atoms with E-state index < -0.39 is 41.5 Å². The summed E-state index contributed by atoms with van der Waals surface area (Å²) in [6, 6.07) is 10.0. The van der Waals surface area contributed by atoms with Crippen LogP contribution in [0.2, 0.25) is 0 Å². The lowest BCUT2D eigenvalue weighted by Crippen LogP contribution is -2.50. The van der Waals surface area contributed by atoms with Crippen molar-refractivity contribution in [1.29, 1.82) is 0 Å². The predicted molar refractivity (Wildman–Crippen MR) is 90.3 cm³/mol. The summed E-state index contributed by atoms with van der Waals surface area (Å²) in [5, 5.41) is 0. The molecule has 0 unspecified atom stereocenters. The SMILES string of the molecule is O=S(=O)(c1ccccc1F)N1CCN(S(=O)(=O)c2ccccc2F)CC1. The third-order valence-electron chi connectivity index (χ3n) is 4.11. The zero-order valence-electron chi connectivity index (χ0n) is 13.5. The monoisotopic (exact) mass is 402 g/mol. The smallest absolute Gasteiger partial charge is 0.207 e. The predicted octanol–water partition coefficient (Wildman–Crippen LogP) is 1.66. The summed E-state index contributed by atoms with van der Waals surface area (Å²) in [6.45, 7) is -0.594. The number of rotatable bonds is 4. The Morgan fingerprint density at radius 3 is 1.23 bits per heavy atom. The molecule has 26 heavy (non-hydrogen) atoms. The minimum Gasteiger partial charge on any atom is -0.207 e. The van der Waals surface area contributed by atoms with Crippen molar-refractivity contribution in [2.45, 2.75) is 9.79 Å². The molecule has 6 nitrogen and oxygen atoms in total.